The van der Waals surface area contributed by atoms with Gasteiger partial charge in [-0.25, -0.2) is 0 Å². The van der Waals surface area contributed by atoms with Gasteiger partial charge in [-0.2, -0.15) is 5.10 Å². The minimum Gasteiger partial charge on any atom is -0.372 e. The summed E-state index contributed by atoms with van der Waals surface area (Å²) in [6.45, 7) is 5.94. The van der Waals surface area contributed by atoms with Crippen LogP contribution in [-0.4, -0.2) is 64.9 Å². The van der Waals surface area contributed by atoms with E-state index in [0.29, 0.717) is 12.6 Å². The average Bonchev–Trinajstić information content (AvgIpc) is 3.40. The molecule has 144 valence electrons. The van der Waals surface area contributed by atoms with Gasteiger partial charge >= 0.3 is 0 Å². The van der Waals surface area contributed by atoms with Gasteiger partial charge in [0.05, 0.1) is 11.7 Å². The van der Waals surface area contributed by atoms with E-state index >= 15 is 0 Å². The van der Waals surface area contributed by atoms with E-state index in [1.807, 2.05) is 11.1 Å². The molecule has 6 heteroatoms. The number of hydrogen-bond acceptors (Lipinski definition) is 4. The second-order valence-corrected chi connectivity index (χ2v) is 8.19. The highest BCUT2D eigenvalue weighted by atomic mass is 16.5. The highest BCUT2D eigenvalue weighted by Gasteiger charge is 2.28. The van der Waals surface area contributed by atoms with E-state index in [2.05, 4.69) is 20.7 Å². The summed E-state index contributed by atoms with van der Waals surface area (Å²) in [5.41, 5.74) is 1.31. The molecule has 1 aromatic heterocycles. The summed E-state index contributed by atoms with van der Waals surface area (Å²) in [6.07, 6.45) is 10.7. The van der Waals surface area contributed by atoms with Gasteiger partial charge in [-0.05, 0) is 44.1 Å². The van der Waals surface area contributed by atoms with E-state index in [0.717, 1.165) is 51.4 Å². The molecule has 4 rings (SSSR count). The third kappa shape index (κ3) is 4.29. The Bertz CT molecular complexity index is 590. The van der Waals surface area contributed by atoms with Gasteiger partial charge in [0.15, 0.2) is 0 Å². The molecule has 0 aromatic carbocycles. The predicted octanol–water partition coefficient (Wildman–Crippen LogP) is 2.46. The normalized spacial score (nSPS) is 24.3. The van der Waals surface area contributed by atoms with Crippen LogP contribution < -0.4 is 0 Å². The zero-order valence-corrected chi connectivity index (χ0v) is 15.8. The van der Waals surface area contributed by atoms with Crippen molar-refractivity contribution in [2.45, 2.75) is 57.5 Å². The topological polar surface area (TPSA) is 50.6 Å². The summed E-state index contributed by atoms with van der Waals surface area (Å²) in [5.74, 6) is 1.02. The van der Waals surface area contributed by atoms with Crippen LogP contribution in [-0.2, 0) is 16.1 Å². The van der Waals surface area contributed by atoms with Crippen LogP contribution in [0, 0.1) is 5.92 Å². The van der Waals surface area contributed by atoms with Crippen molar-refractivity contribution in [1.29, 1.82) is 0 Å². The fourth-order valence-electron chi connectivity index (χ4n) is 4.81. The molecule has 1 atom stereocenters. The number of rotatable bonds is 7. The van der Waals surface area contributed by atoms with Crippen molar-refractivity contribution >= 4 is 5.91 Å². The number of likely N-dealkylation sites (tertiary alicyclic amines) is 1. The van der Waals surface area contributed by atoms with Gasteiger partial charge in [0.2, 0.25) is 5.91 Å². The molecule has 1 aromatic rings. The maximum Gasteiger partial charge on any atom is 0.248 e. The summed E-state index contributed by atoms with van der Waals surface area (Å²) in [4.78, 5) is 16.6. The van der Waals surface area contributed by atoms with Crippen molar-refractivity contribution in [2.75, 3.05) is 39.4 Å². The Morgan fingerprint density at radius 1 is 1.19 bits per heavy atom. The summed E-state index contributed by atoms with van der Waals surface area (Å²) in [7, 11) is 0. The first-order valence-electron chi connectivity index (χ1n) is 10.4. The Morgan fingerprint density at radius 2 is 2.00 bits per heavy atom. The second kappa shape index (κ2) is 8.53. The number of nitrogens with zero attached hydrogens (tertiary/aromatic N) is 4. The van der Waals surface area contributed by atoms with Gasteiger partial charge in [-0.15, -0.1) is 0 Å². The fourth-order valence-corrected chi connectivity index (χ4v) is 4.81. The molecule has 2 aliphatic heterocycles. The van der Waals surface area contributed by atoms with Gasteiger partial charge < -0.3 is 9.64 Å². The number of carbonyl (C=O) groups is 1. The Hall–Kier alpha value is -1.40. The van der Waals surface area contributed by atoms with Crippen molar-refractivity contribution in [1.82, 2.24) is 19.6 Å². The molecule has 0 N–H and O–H groups in total. The largest absolute Gasteiger partial charge is 0.372 e. The zero-order valence-electron chi connectivity index (χ0n) is 15.8. The molecule has 3 heterocycles. The number of amides is 1. The van der Waals surface area contributed by atoms with Gasteiger partial charge in [-0.3, -0.25) is 14.4 Å². The van der Waals surface area contributed by atoms with Crippen LogP contribution in [0.2, 0.25) is 0 Å². The molecule has 1 unspecified atom stereocenters. The molecule has 26 heavy (non-hydrogen) atoms. The summed E-state index contributed by atoms with van der Waals surface area (Å²) < 4.78 is 7.90. The third-order valence-electron chi connectivity index (χ3n) is 6.22. The number of fused-ring (bicyclic) bond motifs is 1. The summed E-state index contributed by atoms with van der Waals surface area (Å²) >= 11 is 0. The van der Waals surface area contributed by atoms with Crippen molar-refractivity contribution < 1.29 is 9.53 Å². The van der Waals surface area contributed by atoms with Crippen LogP contribution in [0.1, 0.15) is 56.7 Å². The van der Waals surface area contributed by atoms with Gasteiger partial charge in [0.1, 0.15) is 6.61 Å². The minimum absolute atomic E-state index is 0.147. The SMILES string of the molecule is O=C(COCCC1CN(CC2CCCC2)Cc2ccnn21)N1CCCC1. The maximum atomic E-state index is 12.1. The molecule has 6 nitrogen and oxygen atoms in total. The highest BCUT2D eigenvalue weighted by Crippen LogP contribution is 2.29. The Morgan fingerprint density at radius 3 is 2.81 bits per heavy atom. The van der Waals surface area contributed by atoms with E-state index in [1.165, 1.54) is 37.9 Å². The van der Waals surface area contributed by atoms with E-state index in [4.69, 9.17) is 4.74 Å². The van der Waals surface area contributed by atoms with Crippen LogP contribution in [0.4, 0.5) is 0 Å². The molecule has 1 aliphatic carbocycles. The summed E-state index contributed by atoms with van der Waals surface area (Å²) in [5, 5.41) is 4.54. The lowest BCUT2D eigenvalue weighted by Gasteiger charge is -2.35. The molecular formula is C20H32N4O2. The second-order valence-electron chi connectivity index (χ2n) is 8.19. The predicted molar refractivity (Wildman–Crippen MR) is 99.7 cm³/mol. The lowest BCUT2D eigenvalue weighted by Crippen LogP contribution is -2.40. The van der Waals surface area contributed by atoms with Gasteiger partial charge in [-0.1, -0.05) is 12.8 Å². The standard InChI is InChI=1S/C20H32N4O2/c25-20(23-10-3-4-11-23)16-26-12-8-19-15-22(13-17-5-1-2-6-17)14-18-7-9-21-24(18)19/h7,9,17,19H,1-6,8,10-16H2. The van der Waals surface area contributed by atoms with Crippen molar-refractivity contribution in [3.8, 4) is 0 Å². The van der Waals surface area contributed by atoms with Gasteiger partial charge in [0.25, 0.3) is 0 Å². The van der Waals surface area contributed by atoms with Crippen molar-refractivity contribution in [2.24, 2.45) is 5.92 Å². The quantitative estimate of drug-likeness (QED) is 0.701. The van der Waals surface area contributed by atoms with Crippen LogP contribution in [0.25, 0.3) is 0 Å². The molecule has 0 spiro atoms. The molecule has 1 saturated carbocycles. The van der Waals surface area contributed by atoms with Crippen LogP contribution in [0.5, 0.6) is 0 Å². The monoisotopic (exact) mass is 360 g/mol. The van der Waals surface area contributed by atoms with Crippen molar-refractivity contribution in [3.05, 3.63) is 18.0 Å². The van der Waals surface area contributed by atoms with Crippen LogP contribution in [0.15, 0.2) is 12.3 Å². The number of carbonyl (C=O) groups excluding carboxylic acids is 1. The summed E-state index contributed by atoms with van der Waals surface area (Å²) in [6, 6.07) is 2.50. The number of hydrogen-bond donors (Lipinski definition) is 0. The number of aromatic nitrogens is 2. The molecule has 0 bridgehead atoms. The molecule has 1 amide bonds. The Balaban J connectivity index is 1.25. The highest BCUT2D eigenvalue weighted by molar-refractivity contribution is 5.77. The molecule has 1 saturated heterocycles. The molecule has 0 radical (unpaired) electrons. The lowest BCUT2D eigenvalue weighted by molar-refractivity contribution is -0.135. The van der Waals surface area contributed by atoms with E-state index in [9.17, 15) is 4.79 Å². The first kappa shape index (κ1) is 18.0. The lowest BCUT2D eigenvalue weighted by atomic mass is 10.1. The van der Waals surface area contributed by atoms with Crippen LogP contribution >= 0.6 is 0 Å². The first-order valence-corrected chi connectivity index (χ1v) is 10.4. The van der Waals surface area contributed by atoms with E-state index < -0.39 is 0 Å². The number of ether oxygens (including phenoxy) is 1. The third-order valence-corrected chi connectivity index (χ3v) is 6.22. The van der Waals surface area contributed by atoms with E-state index in [-0.39, 0.29) is 12.5 Å². The average molecular weight is 361 g/mol. The van der Waals surface area contributed by atoms with Crippen molar-refractivity contribution in [3.63, 3.8) is 0 Å². The zero-order chi connectivity index (χ0) is 17.8. The molecule has 3 aliphatic rings. The Labute approximate surface area is 156 Å². The van der Waals surface area contributed by atoms with Crippen LogP contribution in [0.3, 0.4) is 0 Å². The fraction of sp³-hybridized carbons (Fsp3) is 0.800. The Kier molecular flexibility index (Phi) is 5.90. The smallest absolute Gasteiger partial charge is 0.248 e. The van der Waals surface area contributed by atoms with Gasteiger partial charge in [0, 0.05) is 45.5 Å². The maximum absolute atomic E-state index is 12.1. The molecular weight excluding hydrogens is 328 g/mol. The first-order chi connectivity index (χ1) is 12.8. The minimum atomic E-state index is 0.147. The van der Waals surface area contributed by atoms with E-state index in [1.54, 1.807) is 0 Å². The molecule has 2 fully saturated rings.